The van der Waals surface area contributed by atoms with Crippen LogP contribution in [-0.2, 0) is 6.54 Å². The van der Waals surface area contributed by atoms with Crippen LogP contribution in [0, 0.1) is 5.82 Å². The van der Waals surface area contributed by atoms with Crippen molar-refractivity contribution in [2.75, 3.05) is 19.4 Å². The van der Waals surface area contributed by atoms with Crippen LogP contribution in [0.3, 0.4) is 0 Å². The third-order valence-electron chi connectivity index (χ3n) is 2.57. The van der Waals surface area contributed by atoms with Gasteiger partial charge in [0.2, 0.25) is 0 Å². The van der Waals surface area contributed by atoms with Gasteiger partial charge in [0.1, 0.15) is 15.8 Å². The predicted molar refractivity (Wildman–Crippen MR) is 76.7 cm³/mol. The molecule has 2 aromatic rings. The first-order chi connectivity index (χ1) is 9.49. The molecule has 1 amide bonds. The van der Waals surface area contributed by atoms with Gasteiger partial charge in [-0.2, -0.15) is 0 Å². The number of carbonyl (C=O) groups excluding carboxylic acids is 1. The topological polar surface area (TPSA) is 58.1 Å². The second kappa shape index (κ2) is 6.15. The fourth-order valence-electron chi connectivity index (χ4n) is 1.53. The lowest BCUT2D eigenvalue weighted by molar-refractivity contribution is 0.0823. The molecular weight excluding hydrogens is 303 g/mol. The minimum Gasteiger partial charge on any atom is -0.379 e. The number of halogens is 2. The van der Waals surface area contributed by atoms with E-state index in [9.17, 15) is 9.18 Å². The number of aromatic nitrogens is 2. The third kappa shape index (κ3) is 3.23. The summed E-state index contributed by atoms with van der Waals surface area (Å²) >= 11 is 6.98. The van der Waals surface area contributed by atoms with Gasteiger partial charge in [-0.25, -0.2) is 4.39 Å². The Morgan fingerprint density at radius 3 is 2.85 bits per heavy atom. The van der Waals surface area contributed by atoms with E-state index in [0.717, 1.165) is 11.5 Å². The zero-order valence-electron chi connectivity index (χ0n) is 10.9. The highest BCUT2D eigenvalue weighted by molar-refractivity contribution is 7.10. The lowest BCUT2D eigenvalue weighted by atomic mass is 10.1. The van der Waals surface area contributed by atoms with Crippen LogP contribution in [0.15, 0.2) is 18.2 Å². The molecular formula is C12H12ClFN4OS. The number of amides is 1. The minimum absolute atomic E-state index is 0.0162. The summed E-state index contributed by atoms with van der Waals surface area (Å²) in [6, 6.07) is 4.26. The first kappa shape index (κ1) is 14.7. The van der Waals surface area contributed by atoms with Crippen LogP contribution in [0.4, 0.5) is 10.1 Å². The molecule has 106 valence electrons. The van der Waals surface area contributed by atoms with E-state index in [1.165, 1.54) is 17.0 Å². The summed E-state index contributed by atoms with van der Waals surface area (Å²) in [6.07, 6.45) is 0. The van der Waals surface area contributed by atoms with Gasteiger partial charge in [0, 0.05) is 31.3 Å². The minimum atomic E-state index is -0.553. The van der Waals surface area contributed by atoms with Gasteiger partial charge in [-0.15, -0.1) is 5.10 Å². The molecule has 0 radical (unpaired) electrons. The fourth-order valence-corrected chi connectivity index (χ4v) is 2.15. The van der Waals surface area contributed by atoms with Crippen molar-refractivity contribution in [1.82, 2.24) is 14.5 Å². The maximum Gasteiger partial charge on any atom is 0.256 e. The highest BCUT2D eigenvalue weighted by Crippen LogP contribution is 2.20. The molecule has 0 spiro atoms. The summed E-state index contributed by atoms with van der Waals surface area (Å²) in [6.45, 7) is 0.358. The first-order valence-electron chi connectivity index (χ1n) is 5.71. The van der Waals surface area contributed by atoms with Crippen LogP contribution in [-0.4, -0.2) is 34.5 Å². The molecule has 0 unspecified atom stereocenters. The fraction of sp³-hybridized carbons (Fsp3) is 0.250. The third-order valence-corrected chi connectivity index (χ3v) is 3.56. The van der Waals surface area contributed by atoms with Crippen LogP contribution >= 0.6 is 23.1 Å². The smallest absolute Gasteiger partial charge is 0.256 e. The summed E-state index contributed by atoms with van der Waals surface area (Å²) in [5.41, 5.74) is 1.24. The molecule has 1 heterocycles. The summed E-state index contributed by atoms with van der Waals surface area (Å²) in [5, 5.41) is 6.89. The number of carbonyl (C=O) groups is 1. The standard InChI is InChI=1S/C12H12ClFN4OS/c1-18(2)12(19)8-5-7(3-4-9(8)14)15-6-10-11(13)20-17-16-10/h3-5,15H,6H2,1-2H3. The van der Waals surface area contributed by atoms with Gasteiger partial charge < -0.3 is 10.2 Å². The average Bonchev–Trinajstić information content (AvgIpc) is 2.82. The van der Waals surface area contributed by atoms with Gasteiger partial charge in [0.05, 0.1) is 12.1 Å². The van der Waals surface area contributed by atoms with E-state index < -0.39 is 5.82 Å². The Bertz CT molecular complexity index is 632. The van der Waals surface area contributed by atoms with E-state index in [-0.39, 0.29) is 11.5 Å². The first-order valence-corrected chi connectivity index (χ1v) is 6.86. The van der Waals surface area contributed by atoms with E-state index in [2.05, 4.69) is 14.9 Å². The lowest BCUT2D eigenvalue weighted by Gasteiger charge is -2.12. The summed E-state index contributed by atoms with van der Waals surface area (Å²) in [7, 11) is 3.14. The summed E-state index contributed by atoms with van der Waals surface area (Å²) in [5.74, 6) is -0.942. The Kier molecular flexibility index (Phi) is 4.51. The highest BCUT2D eigenvalue weighted by Gasteiger charge is 2.14. The Morgan fingerprint density at radius 2 is 2.25 bits per heavy atom. The molecule has 20 heavy (non-hydrogen) atoms. The zero-order valence-corrected chi connectivity index (χ0v) is 12.4. The Balaban J connectivity index is 2.15. The van der Waals surface area contributed by atoms with Crippen molar-refractivity contribution in [3.8, 4) is 0 Å². The van der Waals surface area contributed by atoms with Gasteiger partial charge in [-0.1, -0.05) is 16.1 Å². The monoisotopic (exact) mass is 314 g/mol. The highest BCUT2D eigenvalue weighted by atomic mass is 35.5. The van der Waals surface area contributed by atoms with Gasteiger partial charge in [0.15, 0.2) is 0 Å². The maximum absolute atomic E-state index is 13.6. The number of nitrogens with zero attached hydrogens (tertiary/aromatic N) is 3. The molecule has 5 nitrogen and oxygen atoms in total. The van der Waals surface area contributed by atoms with Crippen LogP contribution in [0.25, 0.3) is 0 Å². The molecule has 0 bridgehead atoms. The lowest BCUT2D eigenvalue weighted by Crippen LogP contribution is -2.23. The molecule has 1 N–H and O–H groups in total. The quantitative estimate of drug-likeness (QED) is 0.942. The largest absolute Gasteiger partial charge is 0.379 e. The average molecular weight is 315 g/mol. The number of nitrogens with one attached hydrogen (secondary N) is 1. The number of benzene rings is 1. The SMILES string of the molecule is CN(C)C(=O)c1cc(NCc2nnsc2Cl)ccc1F. The second-order valence-corrected chi connectivity index (χ2v) is 5.60. The van der Waals surface area contributed by atoms with Crippen LogP contribution < -0.4 is 5.32 Å². The number of hydrogen-bond acceptors (Lipinski definition) is 5. The molecule has 8 heteroatoms. The van der Waals surface area contributed by atoms with E-state index in [1.807, 2.05) is 0 Å². The van der Waals surface area contributed by atoms with Crippen molar-refractivity contribution in [1.29, 1.82) is 0 Å². The van der Waals surface area contributed by atoms with Crippen LogP contribution in [0.1, 0.15) is 16.1 Å². The molecule has 0 aliphatic rings. The van der Waals surface area contributed by atoms with E-state index in [4.69, 9.17) is 11.6 Å². The predicted octanol–water partition coefficient (Wildman–Crippen LogP) is 2.64. The van der Waals surface area contributed by atoms with Gasteiger partial charge in [0.25, 0.3) is 5.91 Å². The summed E-state index contributed by atoms with van der Waals surface area (Å²) in [4.78, 5) is 13.1. The molecule has 2 rings (SSSR count). The molecule has 0 atom stereocenters. The van der Waals surface area contributed by atoms with Gasteiger partial charge >= 0.3 is 0 Å². The molecule has 1 aromatic heterocycles. The molecule has 0 saturated carbocycles. The van der Waals surface area contributed by atoms with E-state index in [0.29, 0.717) is 22.3 Å². The Morgan fingerprint density at radius 1 is 1.50 bits per heavy atom. The van der Waals surface area contributed by atoms with Crippen molar-refractivity contribution >= 4 is 34.7 Å². The number of anilines is 1. The number of rotatable bonds is 4. The molecule has 0 aliphatic carbocycles. The van der Waals surface area contributed by atoms with Crippen molar-refractivity contribution in [3.63, 3.8) is 0 Å². The van der Waals surface area contributed by atoms with Crippen LogP contribution in [0.5, 0.6) is 0 Å². The van der Waals surface area contributed by atoms with E-state index in [1.54, 1.807) is 20.2 Å². The van der Waals surface area contributed by atoms with Gasteiger partial charge in [-0.05, 0) is 18.2 Å². The molecule has 0 aliphatic heterocycles. The molecule has 0 fully saturated rings. The molecule has 1 aromatic carbocycles. The van der Waals surface area contributed by atoms with Crippen molar-refractivity contribution in [2.24, 2.45) is 0 Å². The van der Waals surface area contributed by atoms with Crippen molar-refractivity contribution in [2.45, 2.75) is 6.54 Å². The van der Waals surface area contributed by atoms with Crippen LogP contribution in [0.2, 0.25) is 4.34 Å². The Hall–Kier alpha value is -1.73. The van der Waals surface area contributed by atoms with Crippen molar-refractivity contribution < 1.29 is 9.18 Å². The second-order valence-electron chi connectivity index (χ2n) is 4.24. The maximum atomic E-state index is 13.6. The Labute approximate surface area is 124 Å². The normalized spacial score (nSPS) is 10.4. The molecule has 0 saturated heterocycles. The van der Waals surface area contributed by atoms with Gasteiger partial charge in [-0.3, -0.25) is 4.79 Å². The van der Waals surface area contributed by atoms with E-state index >= 15 is 0 Å². The summed E-state index contributed by atoms with van der Waals surface area (Å²) < 4.78 is 17.9. The number of hydrogen-bond donors (Lipinski definition) is 1. The zero-order chi connectivity index (χ0) is 14.7. The van der Waals surface area contributed by atoms with Crippen molar-refractivity contribution in [3.05, 3.63) is 39.6 Å².